The van der Waals surface area contributed by atoms with Gasteiger partial charge in [-0.05, 0) is 25.7 Å². The van der Waals surface area contributed by atoms with E-state index in [1.54, 1.807) is 4.68 Å². The molecule has 1 aromatic carbocycles. The van der Waals surface area contributed by atoms with Crippen LogP contribution in [0.3, 0.4) is 0 Å². The number of carbonyl (C=O) groups is 1. The quantitative estimate of drug-likeness (QED) is 0.732. The van der Waals surface area contributed by atoms with E-state index >= 15 is 0 Å². The SMILES string of the molecule is CN(C)CCn1ncc(Cl)c1C(=O)Cc1ccccc1Br. The Balaban J connectivity index is 2.19. The smallest absolute Gasteiger partial charge is 0.186 e. The van der Waals surface area contributed by atoms with Crippen molar-refractivity contribution in [2.45, 2.75) is 13.0 Å². The second-order valence-electron chi connectivity index (χ2n) is 5.06. The van der Waals surface area contributed by atoms with Crippen LogP contribution in [0, 0.1) is 0 Å². The Hall–Kier alpha value is -1.17. The van der Waals surface area contributed by atoms with Gasteiger partial charge in [0.05, 0.1) is 17.8 Å². The van der Waals surface area contributed by atoms with Crippen molar-refractivity contribution in [2.75, 3.05) is 20.6 Å². The molecule has 2 aromatic rings. The number of ketones is 1. The number of benzene rings is 1. The van der Waals surface area contributed by atoms with E-state index in [1.807, 2.05) is 43.3 Å². The van der Waals surface area contributed by atoms with Gasteiger partial charge in [0.25, 0.3) is 0 Å². The minimum atomic E-state index is -0.0249. The number of likely N-dealkylation sites (N-methyl/N-ethyl adjacent to an activating group) is 1. The third kappa shape index (κ3) is 4.15. The molecule has 0 saturated carbocycles. The molecule has 0 saturated heterocycles. The summed E-state index contributed by atoms with van der Waals surface area (Å²) in [5.41, 5.74) is 1.42. The maximum atomic E-state index is 12.5. The van der Waals surface area contributed by atoms with Crippen molar-refractivity contribution in [3.8, 4) is 0 Å². The van der Waals surface area contributed by atoms with E-state index in [2.05, 4.69) is 21.0 Å². The molecule has 0 aliphatic carbocycles. The molecule has 1 heterocycles. The summed E-state index contributed by atoms with van der Waals surface area (Å²) < 4.78 is 2.61. The fraction of sp³-hybridized carbons (Fsp3) is 0.333. The second kappa shape index (κ2) is 7.20. The highest BCUT2D eigenvalue weighted by Gasteiger charge is 2.18. The van der Waals surface area contributed by atoms with Crippen molar-refractivity contribution in [3.63, 3.8) is 0 Å². The molecule has 1 aromatic heterocycles. The number of hydrogen-bond donors (Lipinski definition) is 0. The van der Waals surface area contributed by atoms with Gasteiger partial charge in [-0.15, -0.1) is 0 Å². The first-order valence-electron chi connectivity index (χ1n) is 6.61. The molecule has 2 rings (SSSR count). The van der Waals surface area contributed by atoms with E-state index in [4.69, 9.17) is 11.6 Å². The molecule has 0 bridgehead atoms. The summed E-state index contributed by atoms with van der Waals surface area (Å²) in [6.07, 6.45) is 1.83. The van der Waals surface area contributed by atoms with Gasteiger partial charge in [-0.2, -0.15) is 5.10 Å². The summed E-state index contributed by atoms with van der Waals surface area (Å²) in [6.45, 7) is 1.43. The maximum Gasteiger partial charge on any atom is 0.186 e. The van der Waals surface area contributed by atoms with Crippen LogP contribution in [-0.2, 0) is 13.0 Å². The number of rotatable bonds is 6. The van der Waals surface area contributed by atoms with Crippen molar-refractivity contribution in [1.82, 2.24) is 14.7 Å². The number of hydrogen-bond acceptors (Lipinski definition) is 3. The molecule has 0 amide bonds. The molecule has 0 N–H and O–H groups in total. The molecule has 0 aliphatic heterocycles. The Labute approximate surface area is 137 Å². The average Bonchev–Trinajstić information content (AvgIpc) is 2.80. The van der Waals surface area contributed by atoms with Crippen LogP contribution in [0.2, 0.25) is 5.02 Å². The van der Waals surface area contributed by atoms with E-state index in [0.29, 0.717) is 23.7 Å². The monoisotopic (exact) mass is 369 g/mol. The molecular weight excluding hydrogens is 354 g/mol. The summed E-state index contributed by atoms with van der Waals surface area (Å²) >= 11 is 9.59. The van der Waals surface area contributed by atoms with Gasteiger partial charge in [-0.25, -0.2) is 0 Å². The van der Waals surface area contributed by atoms with E-state index in [9.17, 15) is 4.79 Å². The second-order valence-corrected chi connectivity index (χ2v) is 6.32. The van der Waals surface area contributed by atoms with Crippen LogP contribution < -0.4 is 0 Å². The minimum Gasteiger partial charge on any atom is -0.308 e. The Morgan fingerprint density at radius 2 is 2.10 bits per heavy atom. The first-order chi connectivity index (χ1) is 9.99. The molecule has 0 radical (unpaired) electrons. The Kier molecular flexibility index (Phi) is 5.56. The van der Waals surface area contributed by atoms with Crippen LogP contribution in [0.1, 0.15) is 16.1 Å². The van der Waals surface area contributed by atoms with Crippen LogP contribution in [-0.4, -0.2) is 41.1 Å². The highest BCUT2D eigenvalue weighted by atomic mass is 79.9. The lowest BCUT2D eigenvalue weighted by atomic mass is 10.1. The minimum absolute atomic E-state index is 0.0249. The van der Waals surface area contributed by atoms with Gasteiger partial charge in [0.2, 0.25) is 0 Å². The lowest BCUT2D eigenvalue weighted by Crippen LogP contribution is -2.22. The van der Waals surface area contributed by atoms with Gasteiger partial charge in [0.1, 0.15) is 5.69 Å². The summed E-state index contributed by atoms with van der Waals surface area (Å²) in [4.78, 5) is 14.6. The van der Waals surface area contributed by atoms with Crippen molar-refractivity contribution in [3.05, 3.63) is 51.2 Å². The van der Waals surface area contributed by atoms with Gasteiger partial charge >= 0.3 is 0 Å². The largest absolute Gasteiger partial charge is 0.308 e. The number of nitrogens with zero attached hydrogens (tertiary/aromatic N) is 3. The molecule has 6 heteroatoms. The highest BCUT2D eigenvalue weighted by Crippen LogP contribution is 2.21. The molecular formula is C15H17BrClN3O. The summed E-state index contributed by atoms with van der Waals surface area (Å²) in [7, 11) is 3.96. The van der Waals surface area contributed by atoms with Crippen molar-refractivity contribution < 1.29 is 4.79 Å². The number of Topliss-reactive ketones (excluding diaryl/α,β-unsaturated/α-hetero) is 1. The topological polar surface area (TPSA) is 38.1 Å². The van der Waals surface area contributed by atoms with E-state index in [1.165, 1.54) is 6.20 Å². The van der Waals surface area contributed by atoms with E-state index in [0.717, 1.165) is 16.6 Å². The fourth-order valence-corrected chi connectivity index (χ4v) is 2.67. The van der Waals surface area contributed by atoms with Gasteiger partial charge in [-0.3, -0.25) is 9.48 Å². The fourth-order valence-electron chi connectivity index (χ4n) is 2.00. The Morgan fingerprint density at radius 1 is 1.38 bits per heavy atom. The third-order valence-electron chi connectivity index (χ3n) is 3.13. The molecule has 0 unspecified atom stereocenters. The first-order valence-corrected chi connectivity index (χ1v) is 7.78. The Morgan fingerprint density at radius 3 is 2.76 bits per heavy atom. The van der Waals surface area contributed by atoms with Gasteiger partial charge in [0, 0.05) is 17.4 Å². The lowest BCUT2D eigenvalue weighted by Gasteiger charge is -2.12. The maximum absolute atomic E-state index is 12.5. The summed E-state index contributed by atoms with van der Waals surface area (Å²) in [6, 6.07) is 7.69. The molecule has 0 spiro atoms. The van der Waals surface area contributed by atoms with Crippen LogP contribution in [0.25, 0.3) is 0 Å². The normalized spacial score (nSPS) is 11.1. The molecule has 0 atom stereocenters. The number of carbonyl (C=O) groups excluding carboxylic acids is 1. The van der Waals surface area contributed by atoms with Gasteiger partial charge in [0.15, 0.2) is 5.78 Å². The van der Waals surface area contributed by atoms with Gasteiger partial charge in [-0.1, -0.05) is 45.7 Å². The predicted octanol–water partition coefficient (Wildman–Crippen LogP) is 3.29. The zero-order valence-corrected chi connectivity index (χ0v) is 14.4. The zero-order valence-electron chi connectivity index (χ0n) is 12.0. The molecule has 0 aliphatic rings. The summed E-state index contributed by atoms with van der Waals surface area (Å²) in [5, 5.41) is 4.61. The molecule has 21 heavy (non-hydrogen) atoms. The van der Waals surface area contributed by atoms with Crippen LogP contribution in [0.5, 0.6) is 0 Å². The Bertz CT molecular complexity index is 640. The highest BCUT2D eigenvalue weighted by molar-refractivity contribution is 9.10. The standard InChI is InChI=1S/C15H17BrClN3O/c1-19(2)7-8-20-15(13(17)10-18-20)14(21)9-11-5-3-4-6-12(11)16/h3-6,10H,7-9H2,1-2H3. The molecule has 0 fully saturated rings. The van der Waals surface area contributed by atoms with Crippen molar-refractivity contribution in [2.24, 2.45) is 0 Å². The number of aromatic nitrogens is 2. The summed E-state index contributed by atoms with van der Waals surface area (Å²) in [5.74, 6) is -0.0249. The first kappa shape index (κ1) is 16.2. The van der Waals surface area contributed by atoms with Crippen molar-refractivity contribution in [1.29, 1.82) is 0 Å². The van der Waals surface area contributed by atoms with E-state index < -0.39 is 0 Å². The lowest BCUT2D eigenvalue weighted by molar-refractivity contribution is 0.0982. The third-order valence-corrected chi connectivity index (χ3v) is 4.18. The van der Waals surface area contributed by atoms with Crippen LogP contribution >= 0.6 is 27.5 Å². The van der Waals surface area contributed by atoms with Crippen LogP contribution in [0.4, 0.5) is 0 Å². The van der Waals surface area contributed by atoms with Crippen molar-refractivity contribution >= 4 is 33.3 Å². The predicted molar refractivity (Wildman–Crippen MR) is 88.0 cm³/mol. The van der Waals surface area contributed by atoms with Gasteiger partial charge < -0.3 is 4.90 Å². The molecule has 4 nitrogen and oxygen atoms in total. The number of halogens is 2. The van der Waals surface area contributed by atoms with Crippen LogP contribution in [0.15, 0.2) is 34.9 Å². The average molecular weight is 371 g/mol. The van der Waals surface area contributed by atoms with E-state index in [-0.39, 0.29) is 5.78 Å². The zero-order chi connectivity index (χ0) is 15.4. The molecule has 112 valence electrons.